The molecule has 0 radical (unpaired) electrons. The molecule has 4 nitrogen and oxygen atoms in total. The molecule has 0 aromatic carbocycles. The number of nitrogens with zero attached hydrogens (tertiary/aromatic N) is 1. The Labute approximate surface area is 117 Å². The van der Waals surface area contributed by atoms with Crippen LogP contribution in [0.1, 0.15) is 45.4 Å². The molecule has 0 bridgehead atoms. The molecule has 6 heteroatoms. The fourth-order valence-corrected chi connectivity index (χ4v) is 2.84. The molecular weight excluding hydrogens is 268 g/mol. The molecule has 0 saturated carbocycles. The van der Waals surface area contributed by atoms with Gasteiger partial charge in [0.25, 0.3) is 10.2 Å². The second-order valence-corrected chi connectivity index (χ2v) is 6.47. The van der Waals surface area contributed by atoms with E-state index < -0.39 is 10.2 Å². The van der Waals surface area contributed by atoms with E-state index in [9.17, 15) is 8.42 Å². The molecule has 0 aromatic rings. The van der Waals surface area contributed by atoms with Crippen molar-refractivity contribution < 1.29 is 8.42 Å². The van der Waals surface area contributed by atoms with Crippen molar-refractivity contribution >= 4 is 22.8 Å². The van der Waals surface area contributed by atoms with Gasteiger partial charge in [-0.1, -0.05) is 31.9 Å². The molecule has 0 aromatic heterocycles. The maximum atomic E-state index is 11.3. The summed E-state index contributed by atoms with van der Waals surface area (Å²) in [6.45, 7) is 7.00. The highest BCUT2D eigenvalue weighted by atomic mass is 32.2. The summed E-state index contributed by atoms with van der Waals surface area (Å²) in [5, 5.41) is 5.12. The third-order valence-corrected chi connectivity index (χ3v) is 4.07. The van der Waals surface area contributed by atoms with Crippen molar-refractivity contribution in [2.45, 2.75) is 45.4 Å². The van der Waals surface area contributed by atoms with Gasteiger partial charge in [-0.3, -0.25) is 0 Å². The Morgan fingerprint density at radius 3 is 2.33 bits per heavy atom. The van der Waals surface area contributed by atoms with E-state index in [-0.39, 0.29) is 0 Å². The van der Waals surface area contributed by atoms with Gasteiger partial charge in [0.15, 0.2) is 0 Å². The fraction of sp³-hybridized carbons (Fsp3) is 0.833. The van der Waals surface area contributed by atoms with Crippen LogP contribution >= 0.6 is 12.6 Å². The normalized spacial score (nSPS) is 12.0. The SMILES string of the molecule is C=C(CCCCC)CCCN(CCS)S(N)(=O)=O. The standard InChI is InChI=1S/C12H26N2O2S2/c1-3-4-5-7-12(2)8-6-9-14(10-11-17)18(13,15)16/h17H,2-11H2,1H3,(H2,13,15,16). The maximum absolute atomic E-state index is 11.3. The first kappa shape index (κ1) is 18.0. The third-order valence-electron chi connectivity index (χ3n) is 2.78. The minimum Gasteiger partial charge on any atom is -0.216 e. The van der Waals surface area contributed by atoms with Crippen molar-refractivity contribution in [2.75, 3.05) is 18.8 Å². The lowest BCUT2D eigenvalue weighted by Crippen LogP contribution is -2.38. The summed E-state index contributed by atoms with van der Waals surface area (Å²) in [7, 11) is -3.59. The number of thiol groups is 1. The van der Waals surface area contributed by atoms with Gasteiger partial charge in [0, 0.05) is 18.8 Å². The highest BCUT2D eigenvalue weighted by molar-refractivity contribution is 7.86. The molecule has 0 atom stereocenters. The van der Waals surface area contributed by atoms with E-state index >= 15 is 0 Å². The van der Waals surface area contributed by atoms with Gasteiger partial charge in [0.1, 0.15) is 0 Å². The first-order chi connectivity index (χ1) is 8.41. The van der Waals surface area contributed by atoms with Crippen LogP contribution < -0.4 is 5.14 Å². The Balaban J connectivity index is 3.89. The molecule has 0 rings (SSSR count). The monoisotopic (exact) mass is 294 g/mol. The molecule has 0 aliphatic carbocycles. The van der Waals surface area contributed by atoms with Gasteiger partial charge in [-0.15, -0.1) is 0 Å². The molecule has 0 amide bonds. The van der Waals surface area contributed by atoms with Gasteiger partial charge in [0.05, 0.1) is 0 Å². The zero-order valence-electron chi connectivity index (χ0n) is 11.3. The number of hydrogen-bond donors (Lipinski definition) is 2. The van der Waals surface area contributed by atoms with E-state index in [1.165, 1.54) is 29.1 Å². The van der Waals surface area contributed by atoms with Gasteiger partial charge >= 0.3 is 0 Å². The summed E-state index contributed by atoms with van der Waals surface area (Å²) in [5.74, 6) is 0.480. The van der Waals surface area contributed by atoms with Crippen LogP contribution in [-0.4, -0.2) is 31.6 Å². The largest absolute Gasteiger partial charge is 0.276 e. The molecule has 0 fully saturated rings. The second-order valence-electron chi connectivity index (χ2n) is 4.48. The molecule has 0 unspecified atom stereocenters. The highest BCUT2D eigenvalue weighted by Gasteiger charge is 2.15. The van der Waals surface area contributed by atoms with Crippen molar-refractivity contribution in [3.05, 3.63) is 12.2 Å². The van der Waals surface area contributed by atoms with E-state index in [1.807, 2.05) is 0 Å². The molecule has 108 valence electrons. The van der Waals surface area contributed by atoms with Gasteiger partial charge in [-0.05, 0) is 25.7 Å². The first-order valence-corrected chi connectivity index (χ1v) is 8.60. The third kappa shape index (κ3) is 8.97. The lowest BCUT2D eigenvalue weighted by molar-refractivity contribution is 0.423. The maximum Gasteiger partial charge on any atom is 0.276 e. The van der Waals surface area contributed by atoms with Crippen LogP contribution in [0.2, 0.25) is 0 Å². The predicted octanol–water partition coefficient (Wildman–Crippen LogP) is 2.34. The summed E-state index contributed by atoms with van der Waals surface area (Å²) < 4.78 is 23.8. The smallest absolute Gasteiger partial charge is 0.216 e. The summed E-state index contributed by atoms with van der Waals surface area (Å²) in [6, 6.07) is 0. The van der Waals surface area contributed by atoms with Crippen LogP contribution in [0, 0.1) is 0 Å². The quantitative estimate of drug-likeness (QED) is 0.349. The second kappa shape index (κ2) is 9.83. The molecule has 0 aliphatic heterocycles. The minimum atomic E-state index is -3.59. The van der Waals surface area contributed by atoms with Crippen molar-refractivity contribution in [1.29, 1.82) is 0 Å². The van der Waals surface area contributed by atoms with Gasteiger partial charge < -0.3 is 0 Å². The van der Waals surface area contributed by atoms with Gasteiger partial charge in [-0.25, -0.2) is 5.14 Å². The van der Waals surface area contributed by atoms with Crippen LogP contribution in [0.3, 0.4) is 0 Å². The summed E-state index contributed by atoms with van der Waals surface area (Å²) in [5.41, 5.74) is 1.20. The van der Waals surface area contributed by atoms with Crippen molar-refractivity contribution in [3.63, 3.8) is 0 Å². The molecule has 18 heavy (non-hydrogen) atoms. The van der Waals surface area contributed by atoms with Crippen LogP contribution in [0.25, 0.3) is 0 Å². The van der Waals surface area contributed by atoms with Crippen molar-refractivity contribution in [3.8, 4) is 0 Å². The molecule has 0 heterocycles. The fourth-order valence-electron chi connectivity index (χ4n) is 1.73. The predicted molar refractivity (Wildman–Crippen MR) is 81.0 cm³/mol. The van der Waals surface area contributed by atoms with Gasteiger partial charge in [-0.2, -0.15) is 25.4 Å². The zero-order valence-corrected chi connectivity index (χ0v) is 13.0. The van der Waals surface area contributed by atoms with Crippen LogP contribution in [0.15, 0.2) is 12.2 Å². The Morgan fingerprint density at radius 1 is 1.22 bits per heavy atom. The van der Waals surface area contributed by atoms with Crippen LogP contribution in [0.4, 0.5) is 0 Å². The number of rotatable bonds is 11. The molecular formula is C12H26N2O2S2. The van der Waals surface area contributed by atoms with E-state index in [4.69, 9.17) is 5.14 Å². The molecule has 0 saturated heterocycles. The Bertz CT molecular complexity index is 329. The van der Waals surface area contributed by atoms with Crippen LogP contribution in [-0.2, 0) is 10.2 Å². The van der Waals surface area contributed by atoms with Crippen molar-refractivity contribution in [2.24, 2.45) is 5.14 Å². The number of nitrogens with two attached hydrogens (primary N) is 1. The highest BCUT2D eigenvalue weighted by Crippen LogP contribution is 2.13. The number of unbranched alkanes of at least 4 members (excludes halogenated alkanes) is 2. The Morgan fingerprint density at radius 2 is 1.83 bits per heavy atom. The van der Waals surface area contributed by atoms with Gasteiger partial charge in [0.2, 0.25) is 0 Å². The Hall–Kier alpha value is -0.0400. The van der Waals surface area contributed by atoms with E-state index in [2.05, 4.69) is 26.1 Å². The average Bonchev–Trinajstić information content (AvgIpc) is 2.27. The van der Waals surface area contributed by atoms with Crippen molar-refractivity contribution in [1.82, 2.24) is 4.31 Å². The lowest BCUT2D eigenvalue weighted by atomic mass is 10.0. The average molecular weight is 294 g/mol. The van der Waals surface area contributed by atoms with Crippen LogP contribution in [0.5, 0.6) is 0 Å². The number of allylic oxidation sites excluding steroid dienone is 1. The van der Waals surface area contributed by atoms with E-state index in [0.717, 1.165) is 19.3 Å². The Kier molecular flexibility index (Phi) is 9.81. The summed E-state index contributed by atoms with van der Waals surface area (Å²) >= 11 is 4.03. The topological polar surface area (TPSA) is 63.4 Å². The minimum absolute atomic E-state index is 0.365. The summed E-state index contributed by atoms with van der Waals surface area (Å²) in [4.78, 5) is 0. The lowest BCUT2D eigenvalue weighted by Gasteiger charge is -2.18. The van der Waals surface area contributed by atoms with E-state index in [1.54, 1.807) is 0 Å². The summed E-state index contributed by atoms with van der Waals surface area (Å²) in [6.07, 6.45) is 6.27. The first-order valence-electron chi connectivity index (χ1n) is 6.47. The van der Waals surface area contributed by atoms with E-state index in [0.29, 0.717) is 18.8 Å². The zero-order chi connectivity index (χ0) is 14.0. The molecule has 2 N–H and O–H groups in total. The molecule has 0 aliphatic rings. The number of hydrogen-bond acceptors (Lipinski definition) is 3. The molecule has 0 spiro atoms.